The van der Waals surface area contributed by atoms with Crippen molar-refractivity contribution in [2.24, 2.45) is 0 Å². The first-order chi connectivity index (χ1) is 9.38. The zero-order valence-electron chi connectivity index (χ0n) is 9.83. The van der Waals surface area contributed by atoms with E-state index in [1.165, 1.54) is 0 Å². The van der Waals surface area contributed by atoms with E-state index in [2.05, 4.69) is 5.32 Å². The van der Waals surface area contributed by atoms with Crippen LogP contribution in [-0.4, -0.2) is 61.9 Å². The summed E-state index contributed by atoms with van der Waals surface area (Å²) in [6.07, 6.45) is 0. The maximum absolute atomic E-state index is 11.9. The fourth-order valence-electron chi connectivity index (χ4n) is 2.00. The number of thioether (sulfide) groups is 1. The van der Waals surface area contributed by atoms with Crippen LogP contribution in [0.5, 0.6) is 0 Å². The van der Waals surface area contributed by atoms with Crippen LogP contribution in [-0.2, 0) is 19.2 Å². The number of carbonyl (C=O) groups excluding carboxylic acids is 2. The molecule has 0 aromatic heterocycles. The Kier molecular flexibility index (Phi) is 3.91. The fraction of sp³-hybridized carbons (Fsp3) is 0.400. The van der Waals surface area contributed by atoms with Crippen molar-refractivity contribution in [3.63, 3.8) is 0 Å². The van der Waals surface area contributed by atoms with Crippen molar-refractivity contribution in [2.75, 3.05) is 11.6 Å². The molecule has 2 atom stereocenters. The number of carboxylic acids is 2. The third kappa shape index (κ3) is 2.22. The molecule has 3 N–H and O–H groups in total. The number of halogens is 1. The van der Waals surface area contributed by atoms with Crippen LogP contribution in [0.15, 0.2) is 11.3 Å². The van der Waals surface area contributed by atoms with Crippen LogP contribution in [0.1, 0.15) is 0 Å². The molecule has 0 aromatic rings. The molecule has 1 fully saturated rings. The van der Waals surface area contributed by atoms with Crippen molar-refractivity contribution < 1.29 is 29.4 Å². The highest BCUT2D eigenvalue weighted by Gasteiger charge is 2.54. The molecule has 2 heterocycles. The molecular formula is C10H9ClN2O6S. The normalized spacial score (nSPS) is 24.9. The number of amides is 2. The molecule has 1 unspecified atom stereocenters. The highest BCUT2D eigenvalue weighted by atomic mass is 35.5. The van der Waals surface area contributed by atoms with Gasteiger partial charge in [0.2, 0.25) is 5.91 Å². The minimum absolute atomic E-state index is 0.0569. The number of β-lactam (4-membered cyclic amide) rings is 1. The summed E-state index contributed by atoms with van der Waals surface area (Å²) in [4.78, 5) is 46.1. The Morgan fingerprint density at radius 1 is 1.35 bits per heavy atom. The average molecular weight is 321 g/mol. The summed E-state index contributed by atoms with van der Waals surface area (Å²) < 4.78 is 0. The molecule has 0 aromatic carbocycles. The molecule has 108 valence electrons. The zero-order valence-corrected chi connectivity index (χ0v) is 11.4. The number of aliphatic carboxylic acids is 2. The molecule has 10 heteroatoms. The van der Waals surface area contributed by atoms with Gasteiger partial charge in [-0.15, -0.1) is 23.4 Å². The zero-order chi connectivity index (χ0) is 15.0. The van der Waals surface area contributed by atoms with Gasteiger partial charge in [0.25, 0.3) is 5.91 Å². The number of alkyl halides is 1. The lowest BCUT2D eigenvalue weighted by atomic mass is 10.0. The van der Waals surface area contributed by atoms with Gasteiger partial charge in [-0.2, -0.15) is 0 Å². The Balaban J connectivity index is 2.28. The number of hydrogen-bond acceptors (Lipinski definition) is 5. The maximum atomic E-state index is 11.9. The molecule has 0 radical (unpaired) electrons. The van der Waals surface area contributed by atoms with Crippen LogP contribution in [0.2, 0.25) is 0 Å². The molecular weight excluding hydrogens is 312 g/mol. The molecule has 2 aliphatic rings. The van der Waals surface area contributed by atoms with E-state index in [-0.39, 0.29) is 17.2 Å². The molecule has 0 spiro atoms. The standard InChI is InChI=1S/C10H9ClN2O6S/c11-1-4(14)12-5-7(15)13-6(10(18)19)3(9(16)17)2-20-8(5)13/h5,8H,1-2H2,(H,12,14)(H,16,17)(H,18,19)/t5?,8-/m1/s1. The Hall–Kier alpha value is -1.74. The average Bonchev–Trinajstić information content (AvgIpc) is 2.42. The van der Waals surface area contributed by atoms with Crippen LogP contribution in [0, 0.1) is 0 Å². The lowest BCUT2D eigenvalue weighted by molar-refractivity contribution is -0.151. The van der Waals surface area contributed by atoms with E-state index >= 15 is 0 Å². The van der Waals surface area contributed by atoms with Crippen molar-refractivity contribution >= 4 is 47.1 Å². The molecule has 2 aliphatic heterocycles. The summed E-state index contributed by atoms with van der Waals surface area (Å²) in [5.74, 6) is -4.44. The van der Waals surface area contributed by atoms with Crippen LogP contribution in [0.3, 0.4) is 0 Å². The smallest absolute Gasteiger partial charge is 0.353 e. The second-order valence-electron chi connectivity index (χ2n) is 4.03. The van der Waals surface area contributed by atoms with Crippen LogP contribution in [0.4, 0.5) is 0 Å². The molecule has 0 bridgehead atoms. The fourth-order valence-corrected chi connectivity index (χ4v) is 3.41. The molecule has 2 rings (SSSR count). The third-order valence-electron chi connectivity index (χ3n) is 2.87. The summed E-state index contributed by atoms with van der Waals surface area (Å²) in [6, 6.07) is -0.879. The van der Waals surface area contributed by atoms with Gasteiger partial charge in [0, 0.05) is 5.75 Å². The Morgan fingerprint density at radius 3 is 2.50 bits per heavy atom. The summed E-state index contributed by atoms with van der Waals surface area (Å²) in [5, 5.41) is 19.8. The Morgan fingerprint density at radius 2 is 2.00 bits per heavy atom. The van der Waals surface area contributed by atoms with Crippen LogP contribution < -0.4 is 5.32 Å². The summed E-state index contributed by atoms with van der Waals surface area (Å²) in [5.41, 5.74) is -0.878. The molecule has 0 saturated carbocycles. The number of rotatable bonds is 4. The van der Waals surface area contributed by atoms with Crippen molar-refractivity contribution in [1.29, 1.82) is 0 Å². The van der Waals surface area contributed by atoms with Gasteiger partial charge in [0.15, 0.2) is 0 Å². The van der Waals surface area contributed by atoms with Gasteiger partial charge in [-0.1, -0.05) is 0 Å². The van der Waals surface area contributed by atoms with E-state index in [1.54, 1.807) is 0 Å². The largest absolute Gasteiger partial charge is 0.478 e. The molecule has 0 aliphatic carbocycles. The van der Waals surface area contributed by atoms with E-state index in [4.69, 9.17) is 21.8 Å². The predicted molar refractivity (Wildman–Crippen MR) is 68.0 cm³/mol. The van der Waals surface area contributed by atoms with Crippen molar-refractivity contribution in [2.45, 2.75) is 11.4 Å². The van der Waals surface area contributed by atoms with Crippen molar-refractivity contribution in [3.8, 4) is 0 Å². The number of carboxylic acid groups (broad SMARTS) is 2. The lowest BCUT2D eigenvalue weighted by Gasteiger charge is -2.48. The van der Waals surface area contributed by atoms with Gasteiger partial charge in [-0.25, -0.2) is 9.59 Å². The Bertz CT molecular complexity index is 548. The van der Waals surface area contributed by atoms with E-state index in [0.29, 0.717) is 0 Å². The molecule has 8 nitrogen and oxygen atoms in total. The quantitative estimate of drug-likeness (QED) is 0.450. The first-order valence-electron chi connectivity index (χ1n) is 5.38. The molecule has 1 saturated heterocycles. The first-order valence-corrected chi connectivity index (χ1v) is 6.96. The number of carbonyl (C=O) groups is 4. The highest BCUT2D eigenvalue weighted by molar-refractivity contribution is 8.00. The number of nitrogens with one attached hydrogen (secondary N) is 1. The van der Waals surface area contributed by atoms with E-state index in [1.807, 2.05) is 0 Å². The summed E-state index contributed by atoms with van der Waals surface area (Å²) >= 11 is 6.40. The third-order valence-corrected chi connectivity index (χ3v) is 4.39. The van der Waals surface area contributed by atoms with E-state index < -0.39 is 40.9 Å². The highest BCUT2D eigenvalue weighted by Crippen LogP contribution is 2.40. The van der Waals surface area contributed by atoms with Gasteiger partial charge in [0.1, 0.15) is 23.0 Å². The van der Waals surface area contributed by atoms with Gasteiger partial charge in [-0.3, -0.25) is 14.5 Å². The second-order valence-corrected chi connectivity index (χ2v) is 5.40. The minimum atomic E-state index is -1.48. The topological polar surface area (TPSA) is 124 Å². The lowest BCUT2D eigenvalue weighted by Crippen LogP contribution is -2.70. The Labute approximate surface area is 121 Å². The van der Waals surface area contributed by atoms with Gasteiger partial charge >= 0.3 is 11.9 Å². The summed E-state index contributed by atoms with van der Waals surface area (Å²) in [7, 11) is 0. The maximum Gasteiger partial charge on any atom is 0.353 e. The monoisotopic (exact) mass is 320 g/mol. The number of fused-ring (bicyclic) bond motifs is 1. The van der Waals surface area contributed by atoms with E-state index in [0.717, 1.165) is 16.7 Å². The number of hydrogen-bond donors (Lipinski definition) is 3. The van der Waals surface area contributed by atoms with Crippen molar-refractivity contribution in [3.05, 3.63) is 11.3 Å². The second kappa shape index (κ2) is 5.33. The van der Waals surface area contributed by atoms with Gasteiger partial charge in [0.05, 0.1) is 5.57 Å². The van der Waals surface area contributed by atoms with E-state index in [9.17, 15) is 19.2 Å². The van der Waals surface area contributed by atoms with Gasteiger partial charge in [-0.05, 0) is 0 Å². The van der Waals surface area contributed by atoms with Crippen molar-refractivity contribution in [1.82, 2.24) is 10.2 Å². The molecule has 2 amide bonds. The SMILES string of the molecule is O=C(CCl)NC1C(=O)N2C(C(=O)O)=C(C(=O)O)CS[C@H]12. The first kappa shape index (κ1) is 14.7. The summed E-state index contributed by atoms with van der Waals surface area (Å²) in [6.45, 7) is 0. The molecule has 20 heavy (non-hydrogen) atoms. The van der Waals surface area contributed by atoms with Crippen LogP contribution >= 0.6 is 23.4 Å². The van der Waals surface area contributed by atoms with Gasteiger partial charge < -0.3 is 15.5 Å². The van der Waals surface area contributed by atoms with Crippen LogP contribution in [0.25, 0.3) is 0 Å². The predicted octanol–water partition coefficient (Wildman–Crippen LogP) is -0.952. The number of nitrogens with zero attached hydrogens (tertiary/aromatic N) is 1. The minimum Gasteiger partial charge on any atom is -0.478 e.